The quantitative estimate of drug-likeness (QED) is 0.169. The average molecular weight is 1040 g/mol. The standard InChI is InChI=1S/C60H54N3O2.Pt/c1-58(2,3)42-27-28-50(47(34-42)38-21-14-11-15-22-38)63-51-25-18-24-44(54(51)62-57(63)48-35-43(59(4,5)6)36-49(55(48)64)60(7,8)9)40-31-39(37-19-12-10-13-20-37)32-41(33-40)53-56-46(29-30-61-53)45-23-16-17-26-52(45)65-56;/h10-32,34-36,64H,1-9H3;/q-1;. The van der Waals surface area contributed by atoms with Crippen LogP contribution >= 0.6 is 0 Å². The summed E-state index contributed by atoms with van der Waals surface area (Å²) in [6.45, 7) is 19.9. The van der Waals surface area contributed by atoms with Gasteiger partial charge in [-0.05, 0) is 74.9 Å². The number of imidazole rings is 1. The molecule has 0 saturated heterocycles. The van der Waals surface area contributed by atoms with E-state index in [0.29, 0.717) is 11.4 Å². The van der Waals surface area contributed by atoms with Crippen LogP contribution in [-0.4, -0.2) is 19.6 Å². The van der Waals surface area contributed by atoms with Gasteiger partial charge in [0.05, 0.1) is 22.3 Å². The van der Waals surface area contributed by atoms with Crippen LogP contribution in [0.5, 0.6) is 5.75 Å². The molecule has 3 heterocycles. The number of aromatic hydroxyl groups is 1. The molecule has 7 aromatic carbocycles. The molecule has 0 aliphatic heterocycles. The number of hydrogen-bond acceptors (Lipinski definition) is 4. The van der Waals surface area contributed by atoms with Crippen LogP contribution < -0.4 is 0 Å². The van der Waals surface area contributed by atoms with Crippen molar-refractivity contribution in [1.29, 1.82) is 0 Å². The van der Waals surface area contributed by atoms with E-state index in [1.54, 1.807) is 0 Å². The number of furan rings is 1. The van der Waals surface area contributed by atoms with E-state index >= 15 is 0 Å². The number of hydrogen-bond donors (Lipinski definition) is 1. The van der Waals surface area contributed by atoms with Crippen molar-refractivity contribution in [2.75, 3.05) is 0 Å². The molecule has 332 valence electrons. The number of phenols is 1. The summed E-state index contributed by atoms with van der Waals surface area (Å²) < 4.78 is 8.81. The number of phenolic OH excluding ortho intramolecular Hbond substituents is 1. The molecule has 0 amide bonds. The number of nitrogens with zero attached hydrogens (tertiary/aromatic N) is 3. The largest absolute Gasteiger partial charge is 0.507 e. The molecule has 0 aliphatic carbocycles. The van der Waals surface area contributed by atoms with E-state index in [9.17, 15) is 5.11 Å². The third kappa shape index (κ3) is 7.98. The first-order chi connectivity index (χ1) is 31.0. The number of benzene rings is 7. The van der Waals surface area contributed by atoms with Gasteiger partial charge in [0.1, 0.15) is 22.7 Å². The van der Waals surface area contributed by atoms with Crippen molar-refractivity contribution in [3.63, 3.8) is 0 Å². The van der Waals surface area contributed by atoms with Crippen LogP contribution in [-0.2, 0) is 37.3 Å². The van der Waals surface area contributed by atoms with E-state index in [1.165, 1.54) is 5.56 Å². The average Bonchev–Trinajstić information content (AvgIpc) is 3.87. The monoisotopic (exact) mass is 1040 g/mol. The van der Waals surface area contributed by atoms with Gasteiger partial charge in [0.15, 0.2) is 0 Å². The van der Waals surface area contributed by atoms with Gasteiger partial charge in [-0.25, -0.2) is 4.98 Å². The van der Waals surface area contributed by atoms with Gasteiger partial charge in [0.25, 0.3) is 0 Å². The van der Waals surface area contributed by atoms with E-state index in [4.69, 9.17) is 14.4 Å². The molecule has 6 heteroatoms. The Hall–Kier alpha value is -6.55. The molecule has 0 atom stereocenters. The normalized spacial score (nSPS) is 12.3. The van der Waals surface area contributed by atoms with Crippen molar-refractivity contribution in [2.24, 2.45) is 0 Å². The fourth-order valence-electron chi connectivity index (χ4n) is 9.08. The van der Waals surface area contributed by atoms with Crippen LogP contribution in [0.2, 0.25) is 0 Å². The zero-order valence-corrected chi connectivity index (χ0v) is 41.3. The summed E-state index contributed by atoms with van der Waals surface area (Å²) in [5.41, 5.74) is 15.1. The van der Waals surface area contributed by atoms with Gasteiger partial charge in [-0.1, -0.05) is 182 Å². The summed E-state index contributed by atoms with van der Waals surface area (Å²) in [5.74, 6) is 0.900. The first kappa shape index (κ1) is 44.6. The number of pyridine rings is 1. The topological polar surface area (TPSA) is 64.1 Å². The first-order valence-electron chi connectivity index (χ1n) is 22.5. The van der Waals surface area contributed by atoms with Crippen molar-refractivity contribution in [1.82, 2.24) is 14.5 Å². The number of para-hydroxylation sites is 2. The Bertz CT molecular complexity index is 3430. The van der Waals surface area contributed by atoms with Gasteiger partial charge in [0, 0.05) is 54.9 Å². The second-order valence-electron chi connectivity index (χ2n) is 20.4. The van der Waals surface area contributed by atoms with Crippen LogP contribution in [0.25, 0.3) is 94.7 Å². The SMILES string of the molecule is CC(C)(C)c1ccc(-n2c(-c3cc(C(C)(C)C)cc(C(C)(C)C)c3O)nc3c(-c4[c-]c(-c5nccc6c5oc5ccccc56)cc(-c5ccccc5)c4)cccc32)c(-c2ccccc2)c1.[Pt]. The van der Waals surface area contributed by atoms with Crippen molar-refractivity contribution < 1.29 is 30.6 Å². The molecule has 3 aromatic heterocycles. The fraction of sp³-hybridized carbons (Fsp3) is 0.200. The van der Waals surface area contributed by atoms with Crippen LogP contribution in [0.1, 0.15) is 79.0 Å². The van der Waals surface area contributed by atoms with E-state index in [-0.39, 0.29) is 43.1 Å². The molecular formula is C60H54N3O2Pt-. The summed E-state index contributed by atoms with van der Waals surface area (Å²) in [6, 6.07) is 56.9. The van der Waals surface area contributed by atoms with Crippen molar-refractivity contribution >= 4 is 33.0 Å². The Morgan fingerprint density at radius 1 is 0.545 bits per heavy atom. The smallest absolute Gasteiger partial charge is 0.148 e. The Kier molecular flexibility index (Phi) is 11.3. The molecular weight excluding hydrogens is 990 g/mol. The van der Waals surface area contributed by atoms with Gasteiger partial charge < -0.3 is 9.52 Å². The number of aromatic nitrogens is 3. The zero-order valence-electron chi connectivity index (χ0n) is 39.0. The molecule has 66 heavy (non-hydrogen) atoms. The van der Waals surface area contributed by atoms with E-state index in [2.05, 4.69) is 194 Å². The summed E-state index contributed by atoms with van der Waals surface area (Å²) in [4.78, 5) is 10.6. The summed E-state index contributed by atoms with van der Waals surface area (Å²) in [7, 11) is 0. The number of rotatable bonds is 6. The van der Waals surface area contributed by atoms with Gasteiger partial charge in [-0.3, -0.25) is 9.55 Å². The molecule has 10 rings (SSSR count). The summed E-state index contributed by atoms with van der Waals surface area (Å²) >= 11 is 0. The van der Waals surface area contributed by atoms with Crippen LogP contribution in [0, 0.1) is 6.07 Å². The minimum absolute atomic E-state index is 0. The fourth-order valence-corrected chi connectivity index (χ4v) is 9.08. The predicted octanol–water partition coefficient (Wildman–Crippen LogP) is 16.1. The van der Waals surface area contributed by atoms with E-state index in [1.807, 2.05) is 36.5 Å². The number of fused-ring (bicyclic) bond motifs is 4. The van der Waals surface area contributed by atoms with Crippen molar-refractivity contribution in [3.05, 3.63) is 181 Å². The maximum Gasteiger partial charge on any atom is 0.148 e. The maximum absolute atomic E-state index is 12.6. The van der Waals surface area contributed by atoms with Crippen molar-refractivity contribution in [2.45, 2.75) is 78.6 Å². The molecule has 0 fully saturated rings. The third-order valence-corrected chi connectivity index (χ3v) is 12.7. The molecule has 0 saturated carbocycles. The Labute approximate surface area is 402 Å². The summed E-state index contributed by atoms with van der Waals surface area (Å²) in [5, 5.41) is 14.6. The minimum Gasteiger partial charge on any atom is -0.507 e. The molecule has 0 spiro atoms. The van der Waals surface area contributed by atoms with Crippen LogP contribution in [0.15, 0.2) is 162 Å². The predicted molar refractivity (Wildman–Crippen MR) is 270 cm³/mol. The Balaban J connectivity index is 0.00000548. The van der Waals surface area contributed by atoms with Gasteiger partial charge in [0.2, 0.25) is 0 Å². The van der Waals surface area contributed by atoms with Gasteiger partial charge in [-0.15, -0.1) is 23.8 Å². The molecule has 0 bridgehead atoms. The second-order valence-corrected chi connectivity index (χ2v) is 20.4. The van der Waals surface area contributed by atoms with E-state index in [0.717, 1.165) is 94.4 Å². The second kappa shape index (κ2) is 16.7. The first-order valence-corrected chi connectivity index (χ1v) is 22.5. The Morgan fingerprint density at radius 3 is 1.89 bits per heavy atom. The molecule has 0 radical (unpaired) electrons. The van der Waals surface area contributed by atoms with Crippen LogP contribution in [0.3, 0.4) is 0 Å². The minimum atomic E-state index is -0.342. The summed E-state index contributed by atoms with van der Waals surface area (Å²) in [6.07, 6.45) is 1.86. The molecule has 0 unspecified atom stereocenters. The molecule has 5 nitrogen and oxygen atoms in total. The molecule has 0 aliphatic rings. The van der Waals surface area contributed by atoms with Gasteiger partial charge in [-0.2, -0.15) is 0 Å². The maximum atomic E-state index is 12.6. The zero-order chi connectivity index (χ0) is 45.4. The third-order valence-electron chi connectivity index (χ3n) is 12.7. The van der Waals surface area contributed by atoms with E-state index < -0.39 is 0 Å². The van der Waals surface area contributed by atoms with Crippen molar-refractivity contribution in [3.8, 4) is 67.5 Å². The molecule has 10 aromatic rings. The van der Waals surface area contributed by atoms with Gasteiger partial charge >= 0.3 is 0 Å². The molecule has 1 N–H and O–H groups in total. The Morgan fingerprint density at radius 2 is 1.20 bits per heavy atom. The van der Waals surface area contributed by atoms with Crippen LogP contribution in [0.4, 0.5) is 0 Å².